The van der Waals surface area contributed by atoms with Crippen molar-refractivity contribution in [2.24, 2.45) is 0 Å². The zero-order chi connectivity index (χ0) is 16.7. The normalized spacial score (nSPS) is 10.0. The molecule has 0 spiro atoms. The Morgan fingerprint density at radius 3 is 2.00 bits per heavy atom. The van der Waals surface area contributed by atoms with E-state index in [2.05, 4.69) is 0 Å². The Morgan fingerprint density at radius 1 is 0.913 bits per heavy atom. The van der Waals surface area contributed by atoms with Gasteiger partial charge in [0.05, 0.1) is 19.1 Å². The van der Waals surface area contributed by atoms with Crippen LogP contribution in [0.5, 0.6) is 23.0 Å². The van der Waals surface area contributed by atoms with E-state index in [0.717, 1.165) is 0 Å². The minimum Gasteiger partial charge on any atom is -0.493 e. The van der Waals surface area contributed by atoms with Crippen molar-refractivity contribution in [2.75, 3.05) is 27.4 Å². The van der Waals surface area contributed by atoms with Crippen molar-refractivity contribution >= 4 is 5.69 Å². The van der Waals surface area contributed by atoms with Gasteiger partial charge in [-0.25, -0.2) is 0 Å². The lowest BCUT2D eigenvalue weighted by Crippen LogP contribution is -2.10. The quantitative estimate of drug-likeness (QED) is 0.422. The fourth-order valence-electron chi connectivity index (χ4n) is 1.93. The monoisotopic (exact) mass is 319 g/mol. The van der Waals surface area contributed by atoms with Crippen molar-refractivity contribution < 1.29 is 23.9 Å². The number of hydrogen-bond donors (Lipinski definition) is 0. The number of nitro benzene ring substituents is 1. The maximum atomic E-state index is 10.6. The molecule has 0 heterocycles. The molecule has 0 aliphatic heterocycles. The number of non-ortho nitro benzene ring substituents is 1. The Bertz CT molecular complexity index is 634. The number of nitrogens with zero attached hydrogens (tertiary/aromatic N) is 1. The molecule has 2 aromatic rings. The lowest BCUT2D eigenvalue weighted by Gasteiger charge is -2.14. The van der Waals surface area contributed by atoms with E-state index in [4.69, 9.17) is 18.9 Å². The summed E-state index contributed by atoms with van der Waals surface area (Å²) in [5.41, 5.74) is 0.0207. The first-order chi connectivity index (χ1) is 11.2. The van der Waals surface area contributed by atoms with E-state index in [1.807, 2.05) is 0 Å². The first kappa shape index (κ1) is 16.4. The van der Waals surface area contributed by atoms with Gasteiger partial charge in [0.15, 0.2) is 11.5 Å². The third-order valence-corrected chi connectivity index (χ3v) is 3.03. The van der Waals surface area contributed by atoms with E-state index in [0.29, 0.717) is 23.0 Å². The maximum absolute atomic E-state index is 10.6. The van der Waals surface area contributed by atoms with Gasteiger partial charge in [0.2, 0.25) is 5.75 Å². The van der Waals surface area contributed by atoms with E-state index in [-0.39, 0.29) is 18.9 Å². The van der Waals surface area contributed by atoms with Crippen LogP contribution in [0.15, 0.2) is 42.5 Å². The van der Waals surface area contributed by atoms with Crippen LogP contribution in [-0.4, -0.2) is 32.4 Å². The topological polar surface area (TPSA) is 80.1 Å². The van der Waals surface area contributed by atoms with Crippen LogP contribution in [0.4, 0.5) is 5.69 Å². The summed E-state index contributed by atoms with van der Waals surface area (Å²) >= 11 is 0. The van der Waals surface area contributed by atoms with Crippen LogP contribution < -0.4 is 18.9 Å². The molecule has 0 aliphatic carbocycles. The lowest BCUT2D eigenvalue weighted by molar-refractivity contribution is -0.384. The summed E-state index contributed by atoms with van der Waals surface area (Å²) in [6.07, 6.45) is 0. The van der Waals surface area contributed by atoms with E-state index in [9.17, 15) is 10.1 Å². The van der Waals surface area contributed by atoms with Gasteiger partial charge in [-0.1, -0.05) is 6.07 Å². The van der Waals surface area contributed by atoms with E-state index >= 15 is 0 Å². The molecule has 0 saturated heterocycles. The second kappa shape index (κ2) is 7.88. The molecule has 0 fully saturated rings. The predicted molar refractivity (Wildman–Crippen MR) is 83.6 cm³/mol. The summed E-state index contributed by atoms with van der Waals surface area (Å²) in [5.74, 6) is 2.18. The van der Waals surface area contributed by atoms with E-state index < -0.39 is 4.92 Å². The third-order valence-electron chi connectivity index (χ3n) is 3.03. The molecule has 2 aromatic carbocycles. The minimum atomic E-state index is -0.457. The van der Waals surface area contributed by atoms with Crippen molar-refractivity contribution in [2.45, 2.75) is 0 Å². The van der Waals surface area contributed by atoms with E-state index in [1.54, 1.807) is 44.6 Å². The summed E-state index contributed by atoms with van der Waals surface area (Å²) < 4.78 is 21.6. The fourth-order valence-corrected chi connectivity index (χ4v) is 1.93. The van der Waals surface area contributed by atoms with Crippen molar-refractivity contribution in [3.8, 4) is 23.0 Å². The zero-order valence-corrected chi connectivity index (χ0v) is 12.9. The smallest absolute Gasteiger partial charge is 0.269 e. The number of hydrogen-bond acceptors (Lipinski definition) is 6. The second-order valence-corrected chi connectivity index (χ2v) is 4.44. The lowest BCUT2D eigenvalue weighted by atomic mass is 10.3. The number of methoxy groups -OCH3 is 2. The number of ether oxygens (including phenoxy) is 4. The Kier molecular flexibility index (Phi) is 5.62. The largest absolute Gasteiger partial charge is 0.493 e. The average Bonchev–Trinajstić information content (AvgIpc) is 2.58. The number of nitro groups is 1. The van der Waals surface area contributed by atoms with Gasteiger partial charge in [-0.05, 0) is 24.3 Å². The zero-order valence-electron chi connectivity index (χ0n) is 12.9. The van der Waals surface area contributed by atoms with Gasteiger partial charge < -0.3 is 18.9 Å². The first-order valence-electron chi connectivity index (χ1n) is 6.86. The minimum absolute atomic E-state index is 0.0207. The van der Waals surface area contributed by atoms with Crippen LogP contribution in [0.3, 0.4) is 0 Å². The van der Waals surface area contributed by atoms with Crippen LogP contribution in [0, 0.1) is 10.1 Å². The molecule has 0 bridgehead atoms. The summed E-state index contributed by atoms with van der Waals surface area (Å²) in [6, 6.07) is 11.2. The number of rotatable bonds is 8. The summed E-state index contributed by atoms with van der Waals surface area (Å²) in [7, 11) is 3.10. The van der Waals surface area contributed by atoms with Gasteiger partial charge in [-0.3, -0.25) is 10.1 Å². The molecular formula is C16H17NO6. The maximum Gasteiger partial charge on any atom is 0.269 e. The molecule has 0 amide bonds. The molecule has 0 atom stereocenters. The Balaban J connectivity index is 1.89. The molecule has 122 valence electrons. The van der Waals surface area contributed by atoms with Gasteiger partial charge in [0.25, 0.3) is 5.69 Å². The van der Waals surface area contributed by atoms with Gasteiger partial charge in [0, 0.05) is 12.1 Å². The summed E-state index contributed by atoms with van der Waals surface area (Å²) in [4.78, 5) is 10.1. The van der Waals surface area contributed by atoms with Gasteiger partial charge in [-0.15, -0.1) is 0 Å². The molecule has 2 rings (SSSR count). The van der Waals surface area contributed by atoms with Crippen molar-refractivity contribution in [3.05, 3.63) is 52.6 Å². The van der Waals surface area contributed by atoms with Crippen LogP contribution in [0.2, 0.25) is 0 Å². The average molecular weight is 319 g/mol. The van der Waals surface area contributed by atoms with Crippen LogP contribution >= 0.6 is 0 Å². The molecule has 0 aromatic heterocycles. The summed E-state index contributed by atoms with van der Waals surface area (Å²) in [5, 5.41) is 10.6. The number of para-hydroxylation sites is 1. The Morgan fingerprint density at radius 2 is 1.48 bits per heavy atom. The summed E-state index contributed by atoms with van der Waals surface area (Å²) in [6.45, 7) is 0.548. The van der Waals surface area contributed by atoms with Crippen molar-refractivity contribution in [1.29, 1.82) is 0 Å². The molecule has 0 unspecified atom stereocenters. The highest BCUT2D eigenvalue weighted by molar-refractivity contribution is 5.51. The van der Waals surface area contributed by atoms with E-state index in [1.165, 1.54) is 12.1 Å². The molecule has 7 nitrogen and oxygen atoms in total. The molecule has 23 heavy (non-hydrogen) atoms. The van der Waals surface area contributed by atoms with Crippen molar-refractivity contribution in [1.82, 2.24) is 0 Å². The molecule has 0 aliphatic rings. The molecule has 0 N–H and O–H groups in total. The molecular weight excluding hydrogens is 302 g/mol. The highest BCUT2D eigenvalue weighted by atomic mass is 16.6. The van der Waals surface area contributed by atoms with Crippen LogP contribution in [0.25, 0.3) is 0 Å². The van der Waals surface area contributed by atoms with Crippen molar-refractivity contribution in [3.63, 3.8) is 0 Å². The van der Waals surface area contributed by atoms with Gasteiger partial charge in [-0.2, -0.15) is 0 Å². The predicted octanol–water partition coefficient (Wildman–Crippen LogP) is 3.07. The molecule has 7 heteroatoms. The van der Waals surface area contributed by atoms with Crippen LogP contribution in [-0.2, 0) is 0 Å². The SMILES string of the molecule is COc1cccc(OC)c1OCCOc1ccc([N+](=O)[O-])cc1. The van der Waals surface area contributed by atoms with Crippen LogP contribution in [0.1, 0.15) is 0 Å². The fraction of sp³-hybridized carbons (Fsp3) is 0.250. The number of benzene rings is 2. The van der Waals surface area contributed by atoms with Gasteiger partial charge in [0.1, 0.15) is 19.0 Å². The van der Waals surface area contributed by atoms with Gasteiger partial charge >= 0.3 is 0 Å². The highest BCUT2D eigenvalue weighted by Crippen LogP contribution is 2.36. The standard InChI is InChI=1S/C16H17NO6/c1-20-14-4-3-5-15(21-2)16(14)23-11-10-22-13-8-6-12(7-9-13)17(18)19/h3-9H,10-11H2,1-2H3. The molecule has 0 saturated carbocycles. The molecule has 0 radical (unpaired) electrons. The first-order valence-corrected chi connectivity index (χ1v) is 6.86. The second-order valence-electron chi connectivity index (χ2n) is 4.44. The highest BCUT2D eigenvalue weighted by Gasteiger charge is 2.11. The third kappa shape index (κ3) is 4.26. The Hall–Kier alpha value is -2.96. The Labute approximate surface area is 133 Å².